The van der Waals surface area contributed by atoms with Crippen LogP contribution in [0.1, 0.15) is 27.7 Å². The lowest BCUT2D eigenvalue weighted by Crippen LogP contribution is -2.29. The van der Waals surface area contributed by atoms with E-state index in [1.165, 1.54) is 0 Å². The summed E-state index contributed by atoms with van der Waals surface area (Å²) < 4.78 is 21.2. The summed E-state index contributed by atoms with van der Waals surface area (Å²) in [5.74, 6) is -2.90. The van der Waals surface area contributed by atoms with Crippen molar-refractivity contribution in [3.05, 3.63) is 11.6 Å². The molecular weight excluding hydrogens is 285 g/mol. The van der Waals surface area contributed by atoms with Gasteiger partial charge in [0.25, 0.3) is 0 Å². The summed E-state index contributed by atoms with van der Waals surface area (Å²) in [6.45, 7) is 6.59. The predicted octanol–water partition coefficient (Wildman–Crippen LogP) is 0.612. The Morgan fingerprint density at radius 2 is 1.90 bits per heavy atom. The monoisotopic (exact) mass is 307 g/mol. The van der Waals surface area contributed by atoms with Gasteiger partial charge in [0, 0.05) is 0 Å². The van der Waals surface area contributed by atoms with Gasteiger partial charge >= 0.3 is 11.9 Å². The lowest BCUT2D eigenvalue weighted by Gasteiger charge is -2.20. The molecule has 0 saturated heterocycles. The van der Waals surface area contributed by atoms with E-state index < -0.39 is 43.0 Å². The number of hydrogen-bond donors (Lipinski definition) is 2. The van der Waals surface area contributed by atoms with E-state index in [0.29, 0.717) is 0 Å². The third kappa shape index (κ3) is 6.84. The number of ether oxygens (including phenoxy) is 2. The van der Waals surface area contributed by atoms with E-state index in [1.54, 1.807) is 27.7 Å². The fourth-order valence-electron chi connectivity index (χ4n) is 1.14. The molecule has 0 spiro atoms. The number of aliphatic hydroxyl groups is 1. The highest BCUT2D eigenvalue weighted by molar-refractivity contribution is 7.45. The van der Waals surface area contributed by atoms with Crippen molar-refractivity contribution in [2.45, 2.75) is 39.1 Å². The Morgan fingerprint density at radius 3 is 2.30 bits per heavy atom. The van der Waals surface area contributed by atoms with E-state index in [0.717, 1.165) is 6.08 Å². The fraction of sp³-hybridized carbons (Fsp3) is 0.667. The minimum absolute atomic E-state index is 0.0728. The molecular formula is C12H22NO6P. The van der Waals surface area contributed by atoms with Crippen LogP contribution in [0, 0.1) is 0 Å². The van der Waals surface area contributed by atoms with Gasteiger partial charge in [-0.25, -0.2) is 9.59 Å². The average Bonchev–Trinajstić information content (AvgIpc) is 2.32. The Bertz CT molecular complexity index is 413. The van der Waals surface area contributed by atoms with Crippen LogP contribution in [0.5, 0.6) is 0 Å². The van der Waals surface area contributed by atoms with Crippen molar-refractivity contribution >= 4 is 19.7 Å². The second kappa shape index (κ2) is 8.19. The lowest BCUT2D eigenvalue weighted by molar-refractivity contribution is -0.154. The molecule has 0 aliphatic carbocycles. The van der Waals surface area contributed by atoms with Crippen molar-refractivity contribution in [1.82, 2.24) is 0 Å². The summed E-state index contributed by atoms with van der Waals surface area (Å²) in [5.41, 5.74) is 4.33. The van der Waals surface area contributed by atoms with Gasteiger partial charge in [0.05, 0.1) is 18.7 Å². The highest BCUT2D eigenvalue weighted by atomic mass is 31.1. The number of esters is 2. The smallest absolute Gasteiger partial charge is 0.345 e. The molecule has 0 amide bonds. The van der Waals surface area contributed by atoms with E-state index in [2.05, 4.69) is 0 Å². The molecule has 0 aromatic heterocycles. The zero-order chi connectivity index (χ0) is 15.9. The second-order valence-corrected chi connectivity index (χ2v) is 6.87. The van der Waals surface area contributed by atoms with Gasteiger partial charge in [-0.3, -0.25) is 0 Å². The van der Waals surface area contributed by atoms with Crippen LogP contribution in [0.3, 0.4) is 0 Å². The molecule has 0 bridgehead atoms. The molecule has 7 nitrogen and oxygen atoms in total. The van der Waals surface area contributed by atoms with E-state index in [9.17, 15) is 14.2 Å². The number of nitrogens with two attached hydrogens (primary N) is 1. The Balaban J connectivity index is 5.28. The predicted molar refractivity (Wildman–Crippen MR) is 74.6 cm³/mol. The summed E-state index contributed by atoms with van der Waals surface area (Å²) in [5, 5.41) is 8.78. The van der Waals surface area contributed by atoms with Gasteiger partial charge in [0.15, 0.2) is 0 Å². The first kappa shape index (κ1) is 18.8. The van der Waals surface area contributed by atoms with Gasteiger partial charge < -0.3 is 24.9 Å². The summed E-state index contributed by atoms with van der Waals surface area (Å²) in [4.78, 5) is 23.6. The van der Waals surface area contributed by atoms with Gasteiger partial charge in [-0.1, -0.05) is 0 Å². The van der Waals surface area contributed by atoms with Crippen LogP contribution in [0.2, 0.25) is 0 Å². The standard InChI is InChI=1S/C12H22NO6P/c1-5-18-10(15)8(6-9(13)20(17)7-14)11(16)19-12(2,3)4/h6,9,14,20H,5,7,13H2,1-4H3. The average molecular weight is 307 g/mol. The van der Waals surface area contributed by atoms with E-state index in [4.69, 9.17) is 20.3 Å². The van der Waals surface area contributed by atoms with Gasteiger partial charge in [0.2, 0.25) is 0 Å². The SMILES string of the molecule is CCOC(=O)C(=CC(N)[PH](=O)CO)C(=O)OC(C)(C)C. The number of rotatable bonds is 6. The van der Waals surface area contributed by atoms with Crippen LogP contribution in [-0.2, 0) is 23.6 Å². The summed E-state index contributed by atoms with van der Waals surface area (Å²) in [7, 11) is -2.53. The van der Waals surface area contributed by atoms with Gasteiger partial charge in [0.1, 0.15) is 19.0 Å². The molecule has 0 fully saturated rings. The van der Waals surface area contributed by atoms with Crippen LogP contribution in [0.4, 0.5) is 0 Å². The van der Waals surface area contributed by atoms with Crippen molar-refractivity contribution in [3.63, 3.8) is 0 Å². The van der Waals surface area contributed by atoms with Crippen molar-refractivity contribution < 1.29 is 28.7 Å². The molecule has 0 aromatic carbocycles. The van der Waals surface area contributed by atoms with Crippen LogP contribution in [0.15, 0.2) is 11.6 Å². The maximum Gasteiger partial charge on any atom is 0.345 e. The van der Waals surface area contributed by atoms with Crippen LogP contribution in [0.25, 0.3) is 0 Å². The highest BCUT2D eigenvalue weighted by Gasteiger charge is 2.27. The van der Waals surface area contributed by atoms with E-state index in [-0.39, 0.29) is 6.61 Å². The Labute approximate surface area is 118 Å². The maximum atomic E-state index is 11.9. The number of hydrogen-bond acceptors (Lipinski definition) is 7. The third-order valence-corrected chi connectivity index (χ3v) is 3.21. The molecule has 116 valence electrons. The zero-order valence-electron chi connectivity index (χ0n) is 12.1. The quantitative estimate of drug-likeness (QED) is 0.243. The summed E-state index contributed by atoms with van der Waals surface area (Å²) in [6.07, 6.45) is 0.413. The topological polar surface area (TPSA) is 116 Å². The third-order valence-electron chi connectivity index (χ3n) is 1.99. The van der Waals surface area contributed by atoms with E-state index in [1.807, 2.05) is 0 Å². The van der Waals surface area contributed by atoms with Crippen molar-refractivity contribution in [2.24, 2.45) is 5.73 Å². The van der Waals surface area contributed by atoms with Crippen LogP contribution < -0.4 is 5.73 Å². The molecule has 0 saturated carbocycles. The molecule has 0 radical (unpaired) electrons. The second-order valence-electron chi connectivity index (χ2n) is 4.95. The summed E-state index contributed by atoms with van der Waals surface area (Å²) >= 11 is 0. The molecule has 2 atom stereocenters. The number of carbonyl (C=O) groups is 2. The van der Waals surface area contributed by atoms with E-state index >= 15 is 0 Å². The number of aliphatic hydroxyl groups excluding tert-OH is 1. The molecule has 0 rings (SSSR count). The Morgan fingerprint density at radius 1 is 1.35 bits per heavy atom. The van der Waals surface area contributed by atoms with Crippen molar-refractivity contribution in [2.75, 3.05) is 13.0 Å². The molecule has 8 heteroatoms. The normalized spacial score (nSPS) is 15.4. The lowest BCUT2D eigenvalue weighted by atomic mass is 10.2. The molecule has 0 aliphatic heterocycles. The molecule has 0 aromatic rings. The van der Waals surface area contributed by atoms with Gasteiger partial charge in [-0.2, -0.15) is 0 Å². The number of carbonyl (C=O) groups excluding carboxylic acids is 2. The van der Waals surface area contributed by atoms with Crippen LogP contribution >= 0.6 is 7.80 Å². The Kier molecular flexibility index (Phi) is 7.71. The molecule has 2 unspecified atom stereocenters. The minimum atomic E-state index is -2.53. The first-order valence-electron chi connectivity index (χ1n) is 6.13. The van der Waals surface area contributed by atoms with Crippen molar-refractivity contribution in [3.8, 4) is 0 Å². The highest BCUT2D eigenvalue weighted by Crippen LogP contribution is 2.25. The molecule has 20 heavy (non-hydrogen) atoms. The van der Waals surface area contributed by atoms with Gasteiger partial charge in [-0.15, -0.1) is 0 Å². The van der Waals surface area contributed by atoms with Crippen LogP contribution in [-0.4, -0.2) is 41.4 Å². The first-order chi connectivity index (χ1) is 9.12. The fourth-order valence-corrected chi connectivity index (χ4v) is 1.70. The zero-order valence-corrected chi connectivity index (χ0v) is 13.1. The maximum absolute atomic E-state index is 11.9. The molecule has 3 N–H and O–H groups in total. The first-order valence-corrected chi connectivity index (χ1v) is 7.83. The minimum Gasteiger partial charge on any atom is -0.462 e. The Hall–Kier alpha value is -1.17. The largest absolute Gasteiger partial charge is 0.462 e. The summed E-state index contributed by atoms with van der Waals surface area (Å²) in [6, 6.07) is 0. The molecule has 0 heterocycles. The van der Waals surface area contributed by atoms with Crippen molar-refractivity contribution in [1.29, 1.82) is 0 Å². The van der Waals surface area contributed by atoms with Gasteiger partial charge in [-0.05, 0) is 33.8 Å². The molecule has 0 aliphatic rings.